The van der Waals surface area contributed by atoms with E-state index >= 15 is 0 Å². The van der Waals surface area contributed by atoms with Crippen LogP contribution in [0.3, 0.4) is 0 Å². The molecule has 1 aromatic rings. The fourth-order valence-electron chi connectivity index (χ4n) is 3.95. The SMILES string of the molecule is CCCN(CC)CCC#CC1CCC(N(C)C(=S)c2ccc(C(F)(F)F)cc2)CC1. The molecule has 0 amide bonds. The number of nitrogens with zero attached hydrogens (tertiary/aromatic N) is 2. The summed E-state index contributed by atoms with van der Waals surface area (Å²) in [7, 11) is 1.95. The minimum Gasteiger partial charge on any atom is -0.362 e. The lowest BCUT2D eigenvalue weighted by Crippen LogP contribution is -2.38. The van der Waals surface area contributed by atoms with Crippen molar-refractivity contribution in [1.82, 2.24) is 9.80 Å². The van der Waals surface area contributed by atoms with Crippen LogP contribution < -0.4 is 0 Å². The van der Waals surface area contributed by atoms with E-state index in [1.54, 1.807) is 0 Å². The molecular formula is C24H33F3N2S. The predicted molar refractivity (Wildman–Crippen MR) is 121 cm³/mol. The summed E-state index contributed by atoms with van der Waals surface area (Å²) in [5.41, 5.74) is 0.0162. The van der Waals surface area contributed by atoms with E-state index in [9.17, 15) is 13.2 Å². The van der Waals surface area contributed by atoms with Gasteiger partial charge in [0, 0.05) is 37.5 Å². The van der Waals surface area contributed by atoms with Crippen molar-refractivity contribution in [2.24, 2.45) is 5.92 Å². The van der Waals surface area contributed by atoms with E-state index in [-0.39, 0.29) is 0 Å². The first-order chi connectivity index (χ1) is 14.3. The molecule has 166 valence electrons. The van der Waals surface area contributed by atoms with Crippen LogP contribution in [0.5, 0.6) is 0 Å². The van der Waals surface area contributed by atoms with Gasteiger partial charge in [-0.1, -0.05) is 44.1 Å². The number of halogens is 3. The van der Waals surface area contributed by atoms with E-state index in [2.05, 4.69) is 30.6 Å². The number of alkyl halides is 3. The zero-order chi connectivity index (χ0) is 22.1. The van der Waals surface area contributed by atoms with Crippen molar-refractivity contribution >= 4 is 17.2 Å². The fourth-order valence-corrected chi connectivity index (χ4v) is 4.24. The number of hydrogen-bond donors (Lipinski definition) is 0. The van der Waals surface area contributed by atoms with Crippen LogP contribution in [0.4, 0.5) is 13.2 Å². The number of rotatable bonds is 7. The normalized spacial score (nSPS) is 19.3. The van der Waals surface area contributed by atoms with Crippen molar-refractivity contribution in [2.45, 2.75) is 64.6 Å². The first-order valence-electron chi connectivity index (χ1n) is 10.9. The summed E-state index contributed by atoms with van der Waals surface area (Å²) in [6, 6.07) is 5.45. The quantitative estimate of drug-likeness (QED) is 0.381. The molecule has 1 fully saturated rings. The minimum absolute atomic E-state index is 0.318. The van der Waals surface area contributed by atoms with Gasteiger partial charge >= 0.3 is 6.18 Å². The molecule has 2 nitrogen and oxygen atoms in total. The summed E-state index contributed by atoms with van der Waals surface area (Å²) in [4.78, 5) is 5.09. The molecule has 30 heavy (non-hydrogen) atoms. The van der Waals surface area contributed by atoms with Crippen molar-refractivity contribution < 1.29 is 13.2 Å². The maximum Gasteiger partial charge on any atom is 0.416 e. The molecule has 0 spiro atoms. The molecule has 0 unspecified atom stereocenters. The topological polar surface area (TPSA) is 6.48 Å². The van der Waals surface area contributed by atoms with Gasteiger partial charge in [0.1, 0.15) is 4.99 Å². The molecule has 0 aliphatic heterocycles. The van der Waals surface area contributed by atoms with Gasteiger partial charge < -0.3 is 9.80 Å². The van der Waals surface area contributed by atoms with Gasteiger partial charge in [-0.3, -0.25) is 0 Å². The lowest BCUT2D eigenvalue weighted by atomic mass is 9.85. The zero-order valence-corrected chi connectivity index (χ0v) is 19.1. The summed E-state index contributed by atoms with van der Waals surface area (Å²) in [6.07, 6.45) is 1.88. The van der Waals surface area contributed by atoms with E-state index in [4.69, 9.17) is 12.2 Å². The van der Waals surface area contributed by atoms with Gasteiger partial charge in [-0.05, 0) is 57.3 Å². The van der Waals surface area contributed by atoms with E-state index in [1.165, 1.54) is 18.6 Å². The highest BCUT2D eigenvalue weighted by Crippen LogP contribution is 2.30. The Morgan fingerprint density at radius 1 is 1.07 bits per heavy atom. The van der Waals surface area contributed by atoms with E-state index in [1.807, 2.05) is 11.9 Å². The van der Waals surface area contributed by atoms with Crippen molar-refractivity contribution in [2.75, 3.05) is 26.7 Å². The van der Waals surface area contributed by atoms with Gasteiger partial charge in [0.2, 0.25) is 0 Å². The van der Waals surface area contributed by atoms with Crippen LogP contribution in [0.2, 0.25) is 0 Å². The third-order valence-corrected chi connectivity index (χ3v) is 6.39. The van der Waals surface area contributed by atoms with Gasteiger partial charge in [0.25, 0.3) is 0 Å². The van der Waals surface area contributed by atoms with E-state index in [0.717, 1.165) is 63.9 Å². The summed E-state index contributed by atoms with van der Waals surface area (Å²) in [6.45, 7) is 7.64. The largest absolute Gasteiger partial charge is 0.416 e. The minimum atomic E-state index is -4.32. The Balaban J connectivity index is 1.82. The molecule has 1 saturated carbocycles. The van der Waals surface area contributed by atoms with Gasteiger partial charge in [0.05, 0.1) is 5.56 Å². The highest BCUT2D eigenvalue weighted by molar-refractivity contribution is 7.80. The average Bonchev–Trinajstić information content (AvgIpc) is 2.74. The van der Waals surface area contributed by atoms with E-state index in [0.29, 0.717) is 22.5 Å². The van der Waals surface area contributed by atoms with Crippen molar-refractivity contribution in [3.8, 4) is 11.8 Å². The number of thiocarbonyl (C=S) groups is 1. The van der Waals surface area contributed by atoms with Gasteiger partial charge in [-0.2, -0.15) is 13.2 Å². The smallest absolute Gasteiger partial charge is 0.362 e. The molecule has 0 N–H and O–H groups in total. The highest BCUT2D eigenvalue weighted by atomic mass is 32.1. The van der Waals surface area contributed by atoms with Gasteiger partial charge in [0.15, 0.2) is 0 Å². The van der Waals surface area contributed by atoms with Crippen LogP contribution in [-0.2, 0) is 6.18 Å². The van der Waals surface area contributed by atoms with Crippen molar-refractivity contribution in [1.29, 1.82) is 0 Å². The Morgan fingerprint density at radius 3 is 2.23 bits per heavy atom. The fraction of sp³-hybridized carbons (Fsp3) is 0.625. The third-order valence-electron chi connectivity index (χ3n) is 5.87. The molecule has 1 aliphatic carbocycles. The molecule has 1 aromatic carbocycles. The Bertz CT molecular complexity index is 726. The molecule has 0 saturated heterocycles. The standard InChI is InChI=1S/C24H33F3N2S/c1-4-17-29(5-2)18-7-6-8-19-9-15-22(16-10-19)28(3)23(30)20-11-13-21(14-12-20)24(25,26)27/h11-14,19,22H,4-5,7,9-10,15-18H2,1-3H3. The maximum atomic E-state index is 12.8. The lowest BCUT2D eigenvalue weighted by molar-refractivity contribution is -0.137. The lowest BCUT2D eigenvalue weighted by Gasteiger charge is -2.35. The summed E-state index contributed by atoms with van der Waals surface area (Å²) in [5, 5.41) is 0. The van der Waals surface area contributed by atoms with E-state index < -0.39 is 11.7 Å². The summed E-state index contributed by atoms with van der Waals surface area (Å²) < 4.78 is 38.3. The number of benzene rings is 1. The molecule has 0 aromatic heterocycles. The van der Waals surface area contributed by atoms with Crippen LogP contribution in [0.25, 0.3) is 0 Å². The molecule has 0 heterocycles. The van der Waals surface area contributed by atoms with Crippen molar-refractivity contribution in [3.63, 3.8) is 0 Å². The van der Waals surface area contributed by atoms with Crippen LogP contribution in [0, 0.1) is 17.8 Å². The Labute approximate surface area is 184 Å². The van der Waals surface area contributed by atoms with Gasteiger partial charge in [-0.25, -0.2) is 0 Å². The van der Waals surface area contributed by atoms with Crippen LogP contribution in [0.15, 0.2) is 24.3 Å². The van der Waals surface area contributed by atoms with Gasteiger partial charge in [-0.15, -0.1) is 5.92 Å². The zero-order valence-electron chi connectivity index (χ0n) is 18.3. The van der Waals surface area contributed by atoms with Crippen LogP contribution in [-0.4, -0.2) is 47.5 Å². The second kappa shape index (κ2) is 11.7. The summed E-state index contributed by atoms with van der Waals surface area (Å²) >= 11 is 5.55. The first kappa shape index (κ1) is 24.7. The Hall–Kier alpha value is -1.58. The number of hydrogen-bond acceptors (Lipinski definition) is 2. The molecule has 0 radical (unpaired) electrons. The van der Waals surface area contributed by atoms with Crippen LogP contribution in [0.1, 0.15) is 63.5 Å². The second-order valence-electron chi connectivity index (χ2n) is 8.00. The van der Waals surface area contributed by atoms with Crippen LogP contribution >= 0.6 is 12.2 Å². The monoisotopic (exact) mass is 438 g/mol. The Morgan fingerprint density at radius 2 is 1.70 bits per heavy atom. The molecule has 1 aliphatic rings. The molecular weight excluding hydrogens is 405 g/mol. The molecule has 2 rings (SSSR count). The first-order valence-corrected chi connectivity index (χ1v) is 11.3. The molecule has 0 atom stereocenters. The van der Waals surface area contributed by atoms with Crippen molar-refractivity contribution in [3.05, 3.63) is 35.4 Å². The average molecular weight is 439 g/mol. The highest BCUT2D eigenvalue weighted by Gasteiger charge is 2.30. The Kier molecular flexibility index (Phi) is 9.64. The summed E-state index contributed by atoms with van der Waals surface area (Å²) in [5.74, 6) is 7.26. The molecule has 6 heteroatoms. The predicted octanol–water partition coefficient (Wildman–Crippen LogP) is 6.00. The third kappa shape index (κ3) is 7.28. The second-order valence-corrected chi connectivity index (χ2v) is 8.39. The molecule has 0 bridgehead atoms. The maximum absolute atomic E-state index is 12.8.